The molecule has 3 rings (SSSR count). The van der Waals surface area contributed by atoms with Crippen molar-refractivity contribution in [3.63, 3.8) is 0 Å². The lowest BCUT2D eigenvalue weighted by Crippen LogP contribution is -2.43. The first-order valence-corrected chi connectivity index (χ1v) is 12.3. The Morgan fingerprint density at radius 1 is 0.970 bits per heavy atom. The number of nitrogens with zero attached hydrogens (tertiary/aromatic N) is 1. The standard InChI is InChI=1S/C24H31N3O5S/c1-24(2,3)18-7-9-19(10-8-18)25-22(28)17-6-5-15-27(16-17)33(30,31)21-13-11-20(12-14-21)26-23(29)32-4/h7-14,17H,5-6,15-16H2,1-4H3,(H,25,28)(H,26,29). The predicted molar refractivity (Wildman–Crippen MR) is 128 cm³/mol. The molecule has 1 atom stereocenters. The number of piperidine rings is 1. The molecular formula is C24H31N3O5S. The van der Waals surface area contributed by atoms with Gasteiger partial charge in [-0.25, -0.2) is 13.2 Å². The third-order valence-corrected chi connectivity index (χ3v) is 7.58. The second kappa shape index (κ2) is 9.93. The molecule has 0 aliphatic carbocycles. The maximum absolute atomic E-state index is 13.1. The summed E-state index contributed by atoms with van der Waals surface area (Å²) in [5.74, 6) is -0.618. The normalized spacial score (nSPS) is 17.3. The molecule has 8 nitrogen and oxygen atoms in total. The zero-order valence-electron chi connectivity index (χ0n) is 19.4. The largest absolute Gasteiger partial charge is 0.453 e. The first-order valence-electron chi connectivity index (χ1n) is 10.9. The summed E-state index contributed by atoms with van der Waals surface area (Å²) in [6.07, 6.45) is 0.589. The van der Waals surface area contributed by atoms with Crippen LogP contribution in [0, 0.1) is 5.92 Å². The van der Waals surface area contributed by atoms with Gasteiger partial charge >= 0.3 is 6.09 Å². The van der Waals surface area contributed by atoms with E-state index in [4.69, 9.17) is 0 Å². The minimum Gasteiger partial charge on any atom is -0.453 e. The van der Waals surface area contributed by atoms with Crippen LogP contribution in [0.2, 0.25) is 0 Å². The fourth-order valence-electron chi connectivity index (χ4n) is 3.70. The van der Waals surface area contributed by atoms with E-state index < -0.39 is 22.0 Å². The van der Waals surface area contributed by atoms with Crippen molar-refractivity contribution in [2.75, 3.05) is 30.8 Å². The van der Waals surface area contributed by atoms with Crippen LogP contribution in [0.25, 0.3) is 0 Å². The van der Waals surface area contributed by atoms with E-state index >= 15 is 0 Å². The van der Waals surface area contributed by atoms with Crippen LogP contribution >= 0.6 is 0 Å². The number of carbonyl (C=O) groups is 2. The number of hydrogen-bond acceptors (Lipinski definition) is 5. The smallest absolute Gasteiger partial charge is 0.411 e. The molecule has 1 fully saturated rings. The summed E-state index contributed by atoms with van der Waals surface area (Å²) in [6, 6.07) is 13.6. The van der Waals surface area contributed by atoms with Crippen LogP contribution in [-0.4, -0.2) is 44.9 Å². The molecule has 2 amide bonds. The molecule has 1 saturated heterocycles. The number of sulfonamides is 1. The van der Waals surface area contributed by atoms with Crippen LogP contribution < -0.4 is 10.6 Å². The minimum atomic E-state index is -3.76. The zero-order valence-corrected chi connectivity index (χ0v) is 20.2. The van der Waals surface area contributed by atoms with Gasteiger partial charge in [0.1, 0.15) is 0 Å². The molecule has 0 aromatic heterocycles. The fourth-order valence-corrected chi connectivity index (χ4v) is 5.22. The van der Waals surface area contributed by atoms with Crippen LogP contribution in [0.15, 0.2) is 53.4 Å². The van der Waals surface area contributed by atoms with E-state index in [0.29, 0.717) is 30.8 Å². The molecule has 2 N–H and O–H groups in total. The van der Waals surface area contributed by atoms with Gasteiger partial charge < -0.3 is 10.1 Å². The van der Waals surface area contributed by atoms with E-state index in [-0.39, 0.29) is 22.8 Å². The molecule has 2 aromatic carbocycles. The minimum absolute atomic E-state index is 0.0222. The zero-order chi connectivity index (χ0) is 24.2. The van der Waals surface area contributed by atoms with E-state index in [9.17, 15) is 18.0 Å². The number of rotatable bonds is 5. The molecular weight excluding hydrogens is 442 g/mol. The summed E-state index contributed by atoms with van der Waals surface area (Å²) < 4.78 is 32.1. The summed E-state index contributed by atoms with van der Waals surface area (Å²) in [5, 5.41) is 5.40. The highest BCUT2D eigenvalue weighted by molar-refractivity contribution is 7.89. The molecule has 9 heteroatoms. The monoisotopic (exact) mass is 473 g/mol. The molecule has 33 heavy (non-hydrogen) atoms. The Labute approximate surface area is 195 Å². The molecule has 0 spiro atoms. The molecule has 0 saturated carbocycles. The number of carbonyl (C=O) groups excluding carboxylic acids is 2. The van der Waals surface area contributed by atoms with Gasteiger partial charge in [-0.3, -0.25) is 10.1 Å². The maximum Gasteiger partial charge on any atom is 0.411 e. The van der Waals surface area contributed by atoms with Gasteiger partial charge in [0.05, 0.1) is 17.9 Å². The van der Waals surface area contributed by atoms with Crippen LogP contribution in [-0.2, 0) is 25.0 Å². The molecule has 178 valence electrons. The van der Waals surface area contributed by atoms with Gasteiger partial charge in [-0.1, -0.05) is 32.9 Å². The van der Waals surface area contributed by atoms with Crippen LogP contribution in [0.4, 0.5) is 16.2 Å². The number of nitrogens with one attached hydrogen (secondary N) is 2. The Bertz CT molecular complexity index is 1090. The van der Waals surface area contributed by atoms with Gasteiger partial charge in [-0.15, -0.1) is 0 Å². The molecule has 1 aliphatic heterocycles. The van der Waals surface area contributed by atoms with E-state index in [2.05, 4.69) is 36.1 Å². The summed E-state index contributed by atoms with van der Waals surface area (Å²) in [5.41, 5.74) is 2.31. The highest BCUT2D eigenvalue weighted by Gasteiger charge is 2.33. The Hall–Kier alpha value is -2.91. The molecule has 2 aromatic rings. The SMILES string of the molecule is COC(=O)Nc1ccc(S(=O)(=O)N2CCCC(C(=O)Nc3ccc(C(C)(C)C)cc3)C2)cc1. The van der Waals surface area contributed by atoms with Crippen molar-refractivity contribution >= 4 is 33.4 Å². The lowest BCUT2D eigenvalue weighted by molar-refractivity contribution is -0.120. The summed E-state index contributed by atoms with van der Waals surface area (Å²) >= 11 is 0. The van der Waals surface area contributed by atoms with Gasteiger partial charge in [0.2, 0.25) is 15.9 Å². The summed E-state index contributed by atoms with van der Waals surface area (Å²) in [6.45, 7) is 6.85. The number of anilines is 2. The van der Waals surface area contributed by atoms with Gasteiger partial charge in [0.15, 0.2) is 0 Å². The lowest BCUT2D eigenvalue weighted by atomic mass is 9.87. The maximum atomic E-state index is 13.1. The molecule has 0 radical (unpaired) electrons. The molecule has 1 unspecified atom stereocenters. The molecule has 1 heterocycles. The van der Waals surface area contributed by atoms with Gasteiger partial charge in [0.25, 0.3) is 0 Å². The van der Waals surface area contributed by atoms with Gasteiger partial charge in [0, 0.05) is 24.5 Å². The Morgan fingerprint density at radius 2 is 1.55 bits per heavy atom. The van der Waals surface area contributed by atoms with E-state index in [1.807, 2.05) is 24.3 Å². The first kappa shape index (κ1) is 24.7. The van der Waals surface area contributed by atoms with Crippen molar-refractivity contribution in [1.82, 2.24) is 4.31 Å². The van der Waals surface area contributed by atoms with E-state index in [1.54, 1.807) is 0 Å². The number of hydrogen-bond donors (Lipinski definition) is 2. The summed E-state index contributed by atoms with van der Waals surface area (Å²) in [7, 11) is -2.52. The van der Waals surface area contributed by atoms with E-state index in [1.165, 1.54) is 41.2 Å². The average Bonchev–Trinajstić information content (AvgIpc) is 2.79. The van der Waals surface area contributed by atoms with Crippen molar-refractivity contribution in [2.45, 2.75) is 43.9 Å². The number of methoxy groups -OCH3 is 1. The Morgan fingerprint density at radius 3 is 2.12 bits per heavy atom. The third kappa shape index (κ3) is 6.11. The highest BCUT2D eigenvalue weighted by Crippen LogP contribution is 2.27. The fraction of sp³-hybridized carbons (Fsp3) is 0.417. The van der Waals surface area contributed by atoms with Crippen LogP contribution in [0.1, 0.15) is 39.2 Å². The summed E-state index contributed by atoms with van der Waals surface area (Å²) in [4.78, 5) is 24.3. The average molecular weight is 474 g/mol. The second-order valence-corrected chi connectivity index (χ2v) is 11.1. The van der Waals surface area contributed by atoms with Crippen molar-refractivity contribution in [2.24, 2.45) is 5.92 Å². The van der Waals surface area contributed by atoms with Crippen molar-refractivity contribution in [1.29, 1.82) is 0 Å². The Balaban J connectivity index is 1.66. The molecule has 0 bridgehead atoms. The quantitative estimate of drug-likeness (QED) is 0.677. The highest BCUT2D eigenvalue weighted by atomic mass is 32.2. The van der Waals surface area contributed by atoms with E-state index in [0.717, 1.165) is 0 Å². The topological polar surface area (TPSA) is 105 Å². The second-order valence-electron chi connectivity index (χ2n) is 9.16. The van der Waals surface area contributed by atoms with Gasteiger partial charge in [-0.05, 0) is 60.2 Å². The van der Waals surface area contributed by atoms with Crippen molar-refractivity contribution in [3.8, 4) is 0 Å². The van der Waals surface area contributed by atoms with Crippen molar-refractivity contribution < 1.29 is 22.7 Å². The van der Waals surface area contributed by atoms with Crippen LogP contribution in [0.3, 0.4) is 0 Å². The first-order chi connectivity index (χ1) is 15.5. The van der Waals surface area contributed by atoms with Crippen LogP contribution in [0.5, 0.6) is 0 Å². The number of benzene rings is 2. The number of amides is 2. The molecule has 1 aliphatic rings. The third-order valence-electron chi connectivity index (χ3n) is 5.70. The lowest BCUT2D eigenvalue weighted by Gasteiger charge is -2.31. The van der Waals surface area contributed by atoms with Crippen molar-refractivity contribution in [3.05, 3.63) is 54.1 Å². The number of ether oxygens (including phenoxy) is 1. The predicted octanol–water partition coefficient (Wildman–Crippen LogP) is 4.20. The van der Waals surface area contributed by atoms with Gasteiger partial charge in [-0.2, -0.15) is 4.31 Å². The Kier molecular flexibility index (Phi) is 7.44.